The Kier molecular flexibility index (Phi) is 3.81. The molecule has 1 aromatic carbocycles. The van der Waals surface area contributed by atoms with Crippen LogP contribution in [0.25, 0.3) is 0 Å². The number of rotatable bonds is 4. The largest absolute Gasteiger partial charge is 0.304 e. The van der Waals surface area contributed by atoms with E-state index in [9.17, 15) is 9.59 Å². The van der Waals surface area contributed by atoms with E-state index in [0.717, 1.165) is 29.8 Å². The SMILES string of the molecule is Cc1ccc2c(c1C)N(CCCN1CCCC1)C(=O)C2=O. The number of aryl methyl sites for hydroxylation is 1. The van der Waals surface area contributed by atoms with E-state index < -0.39 is 0 Å². The number of Topliss-reactive ketones (excluding diaryl/α,β-unsaturated/α-hetero) is 1. The topological polar surface area (TPSA) is 40.6 Å². The first-order chi connectivity index (χ1) is 10.1. The van der Waals surface area contributed by atoms with Gasteiger partial charge < -0.3 is 9.80 Å². The van der Waals surface area contributed by atoms with Crippen LogP contribution in [-0.2, 0) is 4.79 Å². The molecular weight excluding hydrogens is 264 g/mol. The summed E-state index contributed by atoms with van der Waals surface area (Å²) >= 11 is 0. The summed E-state index contributed by atoms with van der Waals surface area (Å²) < 4.78 is 0. The summed E-state index contributed by atoms with van der Waals surface area (Å²) in [5.74, 6) is -0.714. The number of fused-ring (bicyclic) bond motifs is 1. The third-order valence-electron chi connectivity index (χ3n) is 4.71. The number of hydrogen-bond acceptors (Lipinski definition) is 3. The Morgan fingerprint density at radius 3 is 2.48 bits per heavy atom. The zero-order valence-corrected chi connectivity index (χ0v) is 12.8. The quantitative estimate of drug-likeness (QED) is 0.798. The standard InChI is InChI=1S/C17H22N2O2/c1-12-6-7-14-15(13(12)2)19(17(21)16(14)20)11-5-10-18-8-3-4-9-18/h6-7H,3-5,8-11H2,1-2H3. The van der Waals surface area contributed by atoms with Gasteiger partial charge in [-0.15, -0.1) is 0 Å². The van der Waals surface area contributed by atoms with Gasteiger partial charge in [-0.1, -0.05) is 6.07 Å². The zero-order valence-electron chi connectivity index (χ0n) is 12.8. The molecule has 0 bridgehead atoms. The molecule has 1 saturated heterocycles. The molecule has 0 N–H and O–H groups in total. The monoisotopic (exact) mass is 286 g/mol. The van der Waals surface area contributed by atoms with Crippen molar-refractivity contribution in [2.75, 3.05) is 31.1 Å². The molecule has 0 radical (unpaired) electrons. The van der Waals surface area contributed by atoms with Crippen molar-refractivity contribution in [3.05, 3.63) is 28.8 Å². The average Bonchev–Trinajstić information content (AvgIpc) is 3.06. The van der Waals surface area contributed by atoms with Gasteiger partial charge in [0, 0.05) is 6.54 Å². The van der Waals surface area contributed by atoms with E-state index in [4.69, 9.17) is 0 Å². The number of carbonyl (C=O) groups is 2. The molecule has 0 unspecified atom stereocenters. The first-order valence-corrected chi connectivity index (χ1v) is 7.78. The van der Waals surface area contributed by atoms with Gasteiger partial charge in [-0.05, 0) is 69.9 Å². The molecule has 1 amide bonds. The van der Waals surface area contributed by atoms with Gasteiger partial charge in [-0.2, -0.15) is 0 Å². The fraction of sp³-hybridized carbons (Fsp3) is 0.529. The second-order valence-electron chi connectivity index (χ2n) is 6.09. The van der Waals surface area contributed by atoms with Crippen molar-refractivity contribution in [1.82, 2.24) is 4.90 Å². The van der Waals surface area contributed by atoms with E-state index in [1.807, 2.05) is 19.9 Å². The van der Waals surface area contributed by atoms with Crippen molar-refractivity contribution < 1.29 is 9.59 Å². The Labute approximate surface area is 125 Å². The molecule has 4 heteroatoms. The third-order valence-corrected chi connectivity index (χ3v) is 4.71. The van der Waals surface area contributed by atoms with Gasteiger partial charge in [0.15, 0.2) is 0 Å². The molecule has 0 atom stereocenters. The maximum Gasteiger partial charge on any atom is 0.299 e. The predicted molar refractivity (Wildman–Crippen MR) is 82.9 cm³/mol. The first kappa shape index (κ1) is 14.3. The molecular formula is C17H22N2O2. The highest BCUT2D eigenvalue weighted by Crippen LogP contribution is 2.34. The molecule has 0 saturated carbocycles. The minimum atomic E-state index is -0.361. The van der Waals surface area contributed by atoms with Crippen molar-refractivity contribution in [2.24, 2.45) is 0 Å². The van der Waals surface area contributed by atoms with E-state index in [-0.39, 0.29) is 11.7 Å². The van der Waals surface area contributed by atoms with Crippen molar-refractivity contribution in [3.8, 4) is 0 Å². The van der Waals surface area contributed by atoms with Crippen LogP contribution in [-0.4, -0.2) is 42.8 Å². The molecule has 0 spiro atoms. The molecule has 1 aromatic rings. The minimum Gasteiger partial charge on any atom is -0.304 e. The number of ketones is 1. The van der Waals surface area contributed by atoms with Crippen LogP contribution < -0.4 is 4.90 Å². The van der Waals surface area contributed by atoms with Crippen molar-refractivity contribution in [3.63, 3.8) is 0 Å². The van der Waals surface area contributed by atoms with Crippen molar-refractivity contribution in [1.29, 1.82) is 0 Å². The van der Waals surface area contributed by atoms with Crippen LogP contribution in [0.3, 0.4) is 0 Å². The summed E-state index contributed by atoms with van der Waals surface area (Å²) in [4.78, 5) is 28.4. The maximum absolute atomic E-state index is 12.2. The number of carbonyl (C=O) groups excluding carboxylic acids is 2. The molecule has 2 heterocycles. The van der Waals surface area contributed by atoms with Crippen LogP contribution in [0, 0.1) is 13.8 Å². The van der Waals surface area contributed by atoms with Gasteiger partial charge in [-0.25, -0.2) is 0 Å². The Hall–Kier alpha value is -1.68. The molecule has 1 fully saturated rings. The van der Waals surface area contributed by atoms with Gasteiger partial charge in [-0.3, -0.25) is 9.59 Å². The normalized spacial score (nSPS) is 18.7. The molecule has 0 aromatic heterocycles. The van der Waals surface area contributed by atoms with E-state index in [0.29, 0.717) is 12.1 Å². The molecule has 4 nitrogen and oxygen atoms in total. The lowest BCUT2D eigenvalue weighted by molar-refractivity contribution is -0.114. The van der Waals surface area contributed by atoms with E-state index in [2.05, 4.69) is 4.90 Å². The fourth-order valence-corrected chi connectivity index (χ4v) is 3.34. The molecule has 21 heavy (non-hydrogen) atoms. The molecule has 0 aliphatic carbocycles. The van der Waals surface area contributed by atoms with E-state index in [1.54, 1.807) is 11.0 Å². The highest BCUT2D eigenvalue weighted by atomic mass is 16.2. The van der Waals surface area contributed by atoms with Gasteiger partial charge in [0.25, 0.3) is 11.7 Å². The summed E-state index contributed by atoms with van der Waals surface area (Å²) in [5.41, 5.74) is 3.59. The lowest BCUT2D eigenvalue weighted by atomic mass is 10.0. The van der Waals surface area contributed by atoms with Crippen molar-refractivity contribution in [2.45, 2.75) is 33.1 Å². The van der Waals surface area contributed by atoms with Crippen LogP contribution in [0.1, 0.15) is 40.7 Å². The summed E-state index contributed by atoms with van der Waals surface area (Å²) in [7, 11) is 0. The minimum absolute atomic E-state index is 0.353. The third kappa shape index (κ3) is 2.48. The van der Waals surface area contributed by atoms with Crippen LogP contribution in [0.15, 0.2) is 12.1 Å². The molecule has 3 rings (SSSR count). The Morgan fingerprint density at radius 2 is 1.76 bits per heavy atom. The number of likely N-dealkylation sites (tertiary alicyclic amines) is 1. The molecule has 112 valence electrons. The van der Waals surface area contributed by atoms with Crippen LogP contribution in [0.2, 0.25) is 0 Å². The summed E-state index contributed by atoms with van der Waals surface area (Å²) in [5, 5.41) is 0. The summed E-state index contributed by atoms with van der Waals surface area (Å²) in [6.07, 6.45) is 3.48. The summed E-state index contributed by atoms with van der Waals surface area (Å²) in [6, 6.07) is 3.71. The van der Waals surface area contributed by atoms with Crippen LogP contribution in [0.5, 0.6) is 0 Å². The second-order valence-corrected chi connectivity index (χ2v) is 6.09. The fourth-order valence-electron chi connectivity index (χ4n) is 3.34. The maximum atomic E-state index is 12.2. The highest BCUT2D eigenvalue weighted by molar-refractivity contribution is 6.52. The Bertz CT molecular complexity index is 589. The van der Waals surface area contributed by atoms with Crippen molar-refractivity contribution >= 4 is 17.4 Å². The number of amides is 1. The lowest BCUT2D eigenvalue weighted by Crippen LogP contribution is -2.33. The smallest absolute Gasteiger partial charge is 0.299 e. The van der Waals surface area contributed by atoms with Crippen LogP contribution >= 0.6 is 0 Å². The number of hydrogen-bond donors (Lipinski definition) is 0. The van der Waals surface area contributed by atoms with Gasteiger partial charge in [0.1, 0.15) is 0 Å². The summed E-state index contributed by atoms with van der Waals surface area (Å²) in [6.45, 7) is 8.00. The average molecular weight is 286 g/mol. The first-order valence-electron chi connectivity index (χ1n) is 7.78. The number of benzene rings is 1. The molecule has 2 aliphatic heterocycles. The predicted octanol–water partition coefficient (Wildman–Crippen LogP) is 2.32. The highest BCUT2D eigenvalue weighted by Gasteiger charge is 2.36. The van der Waals surface area contributed by atoms with E-state index in [1.165, 1.54) is 25.9 Å². The Balaban J connectivity index is 1.75. The number of nitrogens with zero attached hydrogens (tertiary/aromatic N) is 2. The second kappa shape index (κ2) is 5.60. The lowest BCUT2D eigenvalue weighted by Gasteiger charge is -2.21. The van der Waals surface area contributed by atoms with E-state index >= 15 is 0 Å². The van der Waals surface area contributed by atoms with Gasteiger partial charge in [0.2, 0.25) is 0 Å². The van der Waals surface area contributed by atoms with Gasteiger partial charge in [0.05, 0.1) is 11.3 Å². The zero-order chi connectivity index (χ0) is 15.0. The Morgan fingerprint density at radius 1 is 1.05 bits per heavy atom. The number of anilines is 1. The molecule has 2 aliphatic rings. The van der Waals surface area contributed by atoms with Crippen LogP contribution in [0.4, 0.5) is 5.69 Å². The van der Waals surface area contributed by atoms with Gasteiger partial charge >= 0.3 is 0 Å².